The first-order valence-corrected chi connectivity index (χ1v) is 10.7. The van der Waals surface area contributed by atoms with E-state index in [4.69, 9.17) is 11.6 Å². The highest BCUT2D eigenvalue weighted by atomic mass is 35.5. The Hall–Kier alpha value is -2.02. The van der Waals surface area contributed by atoms with Gasteiger partial charge >= 0.3 is 0 Å². The van der Waals surface area contributed by atoms with Gasteiger partial charge in [-0.3, -0.25) is 4.79 Å². The average molecular weight is 415 g/mol. The lowest BCUT2D eigenvalue weighted by atomic mass is 9.93. The summed E-state index contributed by atoms with van der Waals surface area (Å²) in [5.74, 6) is 0.438. The van der Waals surface area contributed by atoms with Crippen molar-refractivity contribution in [3.05, 3.63) is 46.7 Å². The summed E-state index contributed by atoms with van der Waals surface area (Å²) in [5, 5.41) is 14.0. The van der Waals surface area contributed by atoms with Crippen LogP contribution in [0.25, 0.3) is 20.5 Å². The van der Waals surface area contributed by atoms with Crippen molar-refractivity contribution in [3.63, 3.8) is 0 Å². The Bertz CT molecular complexity index is 994. The number of nitrogens with one attached hydrogen (secondary N) is 1. The summed E-state index contributed by atoms with van der Waals surface area (Å²) in [4.78, 5) is 15.3. The summed E-state index contributed by atoms with van der Waals surface area (Å²) in [7, 11) is 3.48. The molecule has 1 aliphatic rings. The van der Waals surface area contributed by atoms with E-state index in [9.17, 15) is 4.79 Å². The first-order valence-electron chi connectivity index (χ1n) is 9.50. The summed E-state index contributed by atoms with van der Waals surface area (Å²) in [5.41, 5.74) is 2.49. The van der Waals surface area contributed by atoms with Crippen molar-refractivity contribution in [1.29, 1.82) is 0 Å². The number of hydrogen-bond donors (Lipinski definition) is 1. The van der Waals surface area contributed by atoms with Crippen LogP contribution in [0, 0.1) is 5.92 Å². The lowest BCUT2D eigenvalue weighted by Crippen LogP contribution is -2.31. The van der Waals surface area contributed by atoms with Crippen LogP contribution in [0.15, 0.2) is 30.3 Å². The number of amides is 1. The fourth-order valence-electron chi connectivity index (χ4n) is 3.62. The van der Waals surface area contributed by atoms with Crippen molar-refractivity contribution < 1.29 is 4.79 Å². The van der Waals surface area contributed by atoms with E-state index in [0.29, 0.717) is 16.6 Å². The minimum absolute atomic E-state index is 0.118. The molecule has 1 N–H and O–H groups in total. The van der Waals surface area contributed by atoms with Gasteiger partial charge in [-0.15, -0.1) is 16.4 Å². The molecule has 1 aromatic carbocycles. The number of carbonyl (C=O) groups excluding carboxylic acids is 1. The van der Waals surface area contributed by atoms with Gasteiger partial charge < -0.3 is 10.2 Å². The van der Waals surface area contributed by atoms with Gasteiger partial charge in [0.25, 0.3) is 5.91 Å². The van der Waals surface area contributed by atoms with Crippen LogP contribution in [0.3, 0.4) is 0 Å². The molecule has 1 amide bonds. The third kappa shape index (κ3) is 3.90. The third-order valence-electron chi connectivity index (χ3n) is 5.15. The molecule has 1 fully saturated rings. The number of carbonyl (C=O) groups is 1. The Morgan fingerprint density at radius 2 is 2.07 bits per heavy atom. The lowest BCUT2D eigenvalue weighted by Gasteiger charge is -2.22. The SMILES string of the molecule is CN(C)C(=O)c1nnc(CC2CCCNC2)c2cc(-c3ccc(Cl)cc3)sc12. The highest BCUT2D eigenvalue weighted by Gasteiger charge is 2.22. The van der Waals surface area contributed by atoms with Gasteiger partial charge in [0.1, 0.15) is 0 Å². The van der Waals surface area contributed by atoms with E-state index in [1.54, 1.807) is 30.3 Å². The molecular weight excluding hydrogens is 392 g/mol. The van der Waals surface area contributed by atoms with Crippen LogP contribution in [-0.2, 0) is 6.42 Å². The summed E-state index contributed by atoms with van der Waals surface area (Å²) in [6.45, 7) is 2.10. The molecule has 28 heavy (non-hydrogen) atoms. The molecular formula is C21H23ClN4OS. The number of halogens is 1. The average Bonchev–Trinajstić information content (AvgIpc) is 3.15. The minimum Gasteiger partial charge on any atom is -0.343 e. The summed E-state index contributed by atoms with van der Waals surface area (Å²) >= 11 is 7.64. The van der Waals surface area contributed by atoms with Crippen LogP contribution >= 0.6 is 22.9 Å². The van der Waals surface area contributed by atoms with E-state index in [0.717, 1.165) is 45.7 Å². The molecule has 0 radical (unpaired) electrons. The number of fused-ring (bicyclic) bond motifs is 1. The highest BCUT2D eigenvalue weighted by molar-refractivity contribution is 7.22. The standard InChI is InChI=1S/C21H23ClN4OS/c1-26(2)21(27)19-20-16(11-18(28-20)14-5-7-15(22)8-6-14)17(24-25-19)10-13-4-3-9-23-12-13/h5-8,11,13,23H,3-4,9-10,12H2,1-2H3. The topological polar surface area (TPSA) is 58.1 Å². The van der Waals surface area contributed by atoms with Gasteiger partial charge in [-0.25, -0.2) is 0 Å². The van der Waals surface area contributed by atoms with Gasteiger partial charge in [0.05, 0.1) is 10.4 Å². The van der Waals surface area contributed by atoms with Crippen molar-refractivity contribution in [2.24, 2.45) is 5.92 Å². The van der Waals surface area contributed by atoms with Gasteiger partial charge in [0.2, 0.25) is 0 Å². The van der Waals surface area contributed by atoms with Crippen LogP contribution in [-0.4, -0.2) is 48.2 Å². The zero-order valence-corrected chi connectivity index (χ0v) is 17.6. The number of hydrogen-bond acceptors (Lipinski definition) is 5. The first-order chi connectivity index (χ1) is 13.5. The number of aromatic nitrogens is 2. The quantitative estimate of drug-likeness (QED) is 0.693. The van der Waals surface area contributed by atoms with Crippen LogP contribution < -0.4 is 5.32 Å². The minimum atomic E-state index is -0.118. The van der Waals surface area contributed by atoms with Gasteiger partial charge in [0, 0.05) is 29.4 Å². The smallest absolute Gasteiger partial charge is 0.275 e. The highest BCUT2D eigenvalue weighted by Crippen LogP contribution is 2.37. The van der Waals surface area contributed by atoms with E-state index in [1.165, 1.54) is 12.8 Å². The molecule has 7 heteroatoms. The molecule has 3 aromatic rings. The molecule has 4 rings (SSSR count). The van der Waals surface area contributed by atoms with E-state index in [1.807, 2.05) is 24.3 Å². The number of rotatable bonds is 4. The van der Waals surface area contributed by atoms with Crippen molar-refractivity contribution in [2.45, 2.75) is 19.3 Å². The fraction of sp³-hybridized carbons (Fsp3) is 0.381. The molecule has 3 heterocycles. The largest absolute Gasteiger partial charge is 0.343 e. The van der Waals surface area contributed by atoms with Gasteiger partial charge in [-0.1, -0.05) is 23.7 Å². The van der Waals surface area contributed by atoms with Crippen LogP contribution in [0.5, 0.6) is 0 Å². The van der Waals surface area contributed by atoms with E-state index in [2.05, 4.69) is 21.6 Å². The third-order valence-corrected chi connectivity index (χ3v) is 6.59. The Kier molecular flexibility index (Phi) is 5.62. The zero-order valence-electron chi connectivity index (χ0n) is 16.0. The fourth-order valence-corrected chi connectivity index (χ4v) is 4.91. The van der Waals surface area contributed by atoms with E-state index >= 15 is 0 Å². The predicted molar refractivity (Wildman–Crippen MR) is 115 cm³/mol. The number of thiophene rings is 1. The summed E-state index contributed by atoms with van der Waals surface area (Å²) in [6, 6.07) is 9.94. The van der Waals surface area contributed by atoms with Gasteiger partial charge in [-0.05, 0) is 62.0 Å². The normalized spacial score (nSPS) is 17.0. The molecule has 5 nitrogen and oxygen atoms in total. The van der Waals surface area contributed by atoms with Gasteiger partial charge in [0.15, 0.2) is 5.69 Å². The van der Waals surface area contributed by atoms with E-state index < -0.39 is 0 Å². The van der Waals surface area contributed by atoms with Crippen molar-refractivity contribution in [2.75, 3.05) is 27.2 Å². The second kappa shape index (κ2) is 8.15. The second-order valence-electron chi connectivity index (χ2n) is 7.47. The van der Waals surface area contributed by atoms with Crippen molar-refractivity contribution in [3.8, 4) is 10.4 Å². The molecule has 0 saturated carbocycles. The van der Waals surface area contributed by atoms with E-state index in [-0.39, 0.29) is 5.91 Å². The Morgan fingerprint density at radius 1 is 1.29 bits per heavy atom. The molecule has 2 aromatic heterocycles. The summed E-state index contributed by atoms with van der Waals surface area (Å²) in [6.07, 6.45) is 3.27. The van der Waals surface area contributed by atoms with Crippen molar-refractivity contribution >= 4 is 38.9 Å². The Morgan fingerprint density at radius 3 is 2.75 bits per heavy atom. The molecule has 0 spiro atoms. The maximum atomic E-state index is 12.7. The Balaban J connectivity index is 1.80. The maximum absolute atomic E-state index is 12.7. The van der Waals surface area contributed by atoms with Crippen LogP contribution in [0.4, 0.5) is 0 Å². The van der Waals surface area contributed by atoms with Gasteiger partial charge in [-0.2, -0.15) is 5.10 Å². The molecule has 146 valence electrons. The van der Waals surface area contributed by atoms with Crippen LogP contribution in [0.1, 0.15) is 29.0 Å². The maximum Gasteiger partial charge on any atom is 0.275 e. The van der Waals surface area contributed by atoms with Crippen molar-refractivity contribution in [1.82, 2.24) is 20.4 Å². The van der Waals surface area contributed by atoms with Crippen LogP contribution in [0.2, 0.25) is 5.02 Å². The number of piperidine rings is 1. The molecule has 0 bridgehead atoms. The monoisotopic (exact) mass is 414 g/mol. The number of nitrogens with zero attached hydrogens (tertiary/aromatic N) is 3. The summed E-state index contributed by atoms with van der Waals surface area (Å²) < 4.78 is 0.914. The Labute approximate surface area is 173 Å². The number of benzene rings is 1. The molecule has 1 unspecified atom stereocenters. The lowest BCUT2D eigenvalue weighted by molar-refractivity contribution is 0.0823. The first kappa shape index (κ1) is 19.3. The molecule has 0 aliphatic carbocycles. The zero-order chi connectivity index (χ0) is 19.7. The second-order valence-corrected chi connectivity index (χ2v) is 8.96. The molecule has 1 atom stereocenters. The predicted octanol–water partition coefficient (Wildman–Crippen LogP) is 4.26. The molecule has 1 saturated heterocycles. The molecule has 1 aliphatic heterocycles.